The minimum Gasteiger partial charge on any atom is -0.493 e. The van der Waals surface area contributed by atoms with Gasteiger partial charge in [-0.2, -0.15) is 13.2 Å². The number of aliphatic imine (C=N–C) groups is 1. The standard InChI is InChI=1S/C16H24F3N3O3/c1-4-20-15(21-7-8-23-2)22-10-12-5-6-13(14(9-12)24-3)25-11-16(17,18)19/h5-6,9H,4,7-8,10-11H2,1-3H3,(H2,20,21,22). The highest BCUT2D eigenvalue weighted by molar-refractivity contribution is 5.79. The third kappa shape index (κ3) is 8.48. The van der Waals surface area contributed by atoms with Crippen LogP contribution in [0.4, 0.5) is 13.2 Å². The third-order valence-electron chi connectivity index (χ3n) is 2.98. The predicted molar refractivity (Wildman–Crippen MR) is 89.2 cm³/mol. The Labute approximate surface area is 145 Å². The summed E-state index contributed by atoms with van der Waals surface area (Å²) in [5.74, 6) is 0.892. The molecular weight excluding hydrogens is 339 g/mol. The lowest BCUT2D eigenvalue weighted by Crippen LogP contribution is -2.38. The number of rotatable bonds is 9. The summed E-state index contributed by atoms with van der Waals surface area (Å²) in [4.78, 5) is 4.41. The fraction of sp³-hybridized carbons (Fsp3) is 0.562. The largest absolute Gasteiger partial charge is 0.493 e. The van der Waals surface area contributed by atoms with Crippen LogP contribution in [0.5, 0.6) is 11.5 Å². The smallest absolute Gasteiger partial charge is 0.422 e. The second-order valence-corrected chi connectivity index (χ2v) is 5.00. The molecule has 0 amide bonds. The molecule has 142 valence electrons. The fourth-order valence-electron chi connectivity index (χ4n) is 1.87. The Morgan fingerprint density at radius 3 is 2.52 bits per heavy atom. The van der Waals surface area contributed by atoms with Crippen LogP contribution in [0.25, 0.3) is 0 Å². The first-order chi connectivity index (χ1) is 11.9. The average Bonchev–Trinajstić information content (AvgIpc) is 2.57. The zero-order valence-electron chi connectivity index (χ0n) is 14.6. The van der Waals surface area contributed by atoms with Gasteiger partial charge in [0.2, 0.25) is 0 Å². The molecule has 0 aliphatic carbocycles. The van der Waals surface area contributed by atoms with Gasteiger partial charge >= 0.3 is 6.18 Å². The molecule has 0 radical (unpaired) electrons. The molecule has 1 aromatic rings. The van der Waals surface area contributed by atoms with Crippen molar-refractivity contribution < 1.29 is 27.4 Å². The molecule has 0 saturated heterocycles. The summed E-state index contributed by atoms with van der Waals surface area (Å²) in [6.07, 6.45) is -4.40. The molecule has 0 unspecified atom stereocenters. The highest BCUT2D eigenvalue weighted by Gasteiger charge is 2.29. The molecule has 0 saturated carbocycles. The number of benzene rings is 1. The van der Waals surface area contributed by atoms with Gasteiger partial charge in [-0.05, 0) is 24.6 Å². The van der Waals surface area contributed by atoms with Crippen molar-refractivity contribution in [1.82, 2.24) is 10.6 Å². The number of methoxy groups -OCH3 is 2. The van der Waals surface area contributed by atoms with Crippen LogP contribution in [0.2, 0.25) is 0 Å². The van der Waals surface area contributed by atoms with Crippen molar-refractivity contribution in [2.24, 2.45) is 4.99 Å². The summed E-state index contributed by atoms with van der Waals surface area (Å²) >= 11 is 0. The zero-order valence-corrected chi connectivity index (χ0v) is 14.6. The molecule has 0 aliphatic rings. The van der Waals surface area contributed by atoms with E-state index in [2.05, 4.69) is 15.6 Å². The van der Waals surface area contributed by atoms with E-state index in [-0.39, 0.29) is 11.5 Å². The highest BCUT2D eigenvalue weighted by atomic mass is 19.4. The van der Waals surface area contributed by atoms with Crippen LogP contribution in [0.15, 0.2) is 23.2 Å². The minimum absolute atomic E-state index is 0.0395. The molecule has 0 aromatic heterocycles. The number of hydrogen-bond acceptors (Lipinski definition) is 4. The van der Waals surface area contributed by atoms with E-state index in [1.54, 1.807) is 19.2 Å². The molecule has 1 aromatic carbocycles. The molecular formula is C16H24F3N3O3. The lowest BCUT2D eigenvalue weighted by atomic mass is 10.2. The van der Waals surface area contributed by atoms with E-state index >= 15 is 0 Å². The van der Waals surface area contributed by atoms with Gasteiger partial charge in [-0.25, -0.2) is 4.99 Å². The molecule has 0 bridgehead atoms. The number of nitrogens with one attached hydrogen (secondary N) is 2. The van der Waals surface area contributed by atoms with Crippen molar-refractivity contribution in [3.05, 3.63) is 23.8 Å². The van der Waals surface area contributed by atoms with Crippen LogP contribution in [-0.2, 0) is 11.3 Å². The van der Waals surface area contributed by atoms with Gasteiger partial charge in [0.15, 0.2) is 24.1 Å². The minimum atomic E-state index is -4.40. The van der Waals surface area contributed by atoms with Gasteiger partial charge < -0.3 is 24.8 Å². The normalized spacial score (nSPS) is 12.0. The van der Waals surface area contributed by atoms with Gasteiger partial charge in [0.1, 0.15) is 0 Å². The molecule has 2 N–H and O–H groups in total. The second-order valence-electron chi connectivity index (χ2n) is 5.00. The van der Waals surface area contributed by atoms with Crippen molar-refractivity contribution in [3.63, 3.8) is 0 Å². The molecule has 1 rings (SSSR count). The van der Waals surface area contributed by atoms with Crippen LogP contribution >= 0.6 is 0 Å². The summed E-state index contributed by atoms with van der Waals surface area (Å²) in [5.41, 5.74) is 0.778. The summed E-state index contributed by atoms with van der Waals surface area (Å²) < 4.78 is 51.6. The Morgan fingerprint density at radius 1 is 1.16 bits per heavy atom. The maximum absolute atomic E-state index is 12.3. The van der Waals surface area contributed by atoms with Crippen LogP contribution in [0, 0.1) is 0 Å². The number of alkyl halides is 3. The zero-order chi connectivity index (χ0) is 18.7. The molecule has 0 heterocycles. The van der Waals surface area contributed by atoms with E-state index < -0.39 is 12.8 Å². The molecule has 0 spiro atoms. The predicted octanol–water partition coefficient (Wildman–Crippen LogP) is 2.34. The van der Waals surface area contributed by atoms with Crippen LogP contribution in [0.1, 0.15) is 12.5 Å². The van der Waals surface area contributed by atoms with Crippen molar-refractivity contribution >= 4 is 5.96 Å². The number of guanidine groups is 1. The van der Waals surface area contributed by atoms with Crippen LogP contribution < -0.4 is 20.1 Å². The monoisotopic (exact) mass is 363 g/mol. The maximum Gasteiger partial charge on any atom is 0.422 e. The Bertz CT molecular complexity index is 551. The molecule has 9 heteroatoms. The Kier molecular flexibility index (Phi) is 8.90. The maximum atomic E-state index is 12.3. The Balaban J connectivity index is 2.75. The van der Waals surface area contributed by atoms with E-state index in [1.807, 2.05) is 6.92 Å². The molecule has 0 fully saturated rings. The third-order valence-corrected chi connectivity index (χ3v) is 2.98. The SMILES string of the molecule is CCNC(=NCc1ccc(OCC(F)(F)F)c(OC)c1)NCCOC. The van der Waals surface area contributed by atoms with Crippen molar-refractivity contribution in [3.8, 4) is 11.5 Å². The summed E-state index contributed by atoms with van der Waals surface area (Å²) in [5, 5.41) is 6.19. The Hall–Kier alpha value is -2.16. The van der Waals surface area contributed by atoms with Crippen molar-refractivity contribution in [1.29, 1.82) is 0 Å². The quantitative estimate of drug-likeness (QED) is 0.401. The van der Waals surface area contributed by atoms with Gasteiger partial charge in [0.25, 0.3) is 0 Å². The number of halogens is 3. The first-order valence-corrected chi connectivity index (χ1v) is 7.77. The Morgan fingerprint density at radius 2 is 1.92 bits per heavy atom. The van der Waals surface area contributed by atoms with Crippen molar-refractivity contribution in [2.75, 3.05) is 40.5 Å². The van der Waals surface area contributed by atoms with Gasteiger partial charge in [-0.15, -0.1) is 0 Å². The number of nitrogens with zero attached hydrogens (tertiary/aromatic N) is 1. The lowest BCUT2D eigenvalue weighted by Gasteiger charge is -2.14. The van der Waals surface area contributed by atoms with Gasteiger partial charge in [0, 0.05) is 20.2 Å². The summed E-state index contributed by atoms with van der Waals surface area (Å²) in [7, 11) is 2.99. The number of ether oxygens (including phenoxy) is 3. The fourth-order valence-corrected chi connectivity index (χ4v) is 1.87. The van der Waals surface area contributed by atoms with E-state index in [1.165, 1.54) is 13.2 Å². The molecule has 6 nitrogen and oxygen atoms in total. The van der Waals surface area contributed by atoms with E-state index in [0.717, 1.165) is 5.56 Å². The molecule has 25 heavy (non-hydrogen) atoms. The highest BCUT2D eigenvalue weighted by Crippen LogP contribution is 2.30. The van der Waals surface area contributed by atoms with Crippen LogP contribution in [0.3, 0.4) is 0 Å². The first kappa shape index (κ1) is 20.9. The summed E-state index contributed by atoms with van der Waals surface area (Å²) in [6.45, 7) is 2.77. The van der Waals surface area contributed by atoms with Gasteiger partial charge in [-0.1, -0.05) is 6.07 Å². The van der Waals surface area contributed by atoms with E-state index in [0.29, 0.717) is 32.2 Å². The second kappa shape index (κ2) is 10.7. The topological polar surface area (TPSA) is 64.1 Å². The van der Waals surface area contributed by atoms with Crippen LogP contribution in [-0.4, -0.2) is 52.7 Å². The molecule has 0 atom stereocenters. The summed E-state index contributed by atoms with van der Waals surface area (Å²) in [6, 6.07) is 4.70. The van der Waals surface area contributed by atoms with E-state index in [4.69, 9.17) is 14.2 Å². The molecule has 0 aliphatic heterocycles. The average molecular weight is 363 g/mol. The van der Waals surface area contributed by atoms with E-state index in [9.17, 15) is 13.2 Å². The van der Waals surface area contributed by atoms with Gasteiger partial charge in [0.05, 0.1) is 20.3 Å². The van der Waals surface area contributed by atoms with Gasteiger partial charge in [-0.3, -0.25) is 0 Å². The first-order valence-electron chi connectivity index (χ1n) is 7.77. The van der Waals surface area contributed by atoms with Crippen molar-refractivity contribution in [2.45, 2.75) is 19.6 Å². The lowest BCUT2D eigenvalue weighted by molar-refractivity contribution is -0.153. The number of hydrogen-bond donors (Lipinski definition) is 2.